The number of nitrogens with zero attached hydrogens (tertiary/aromatic N) is 1. The minimum atomic E-state index is -0.209. The zero-order valence-electron chi connectivity index (χ0n) is 12.8. The summed E-state index contributed by atoms with van der Waals surface area (Å²) in [6.07, 6.45) is 1.76. The third-order valence-electron chi connectivity index (χ3n) is 3.42. The van der Waals surface area contributed by atoms with Crippen molar-refractivity contribution in [1.29, 1.82) is 0 Å². The standard InChI is InChI=1S/C18H16ClN3OS/c19-15-5-3-13(4-6-15)11-21-18(23)22-12-14-7-8-20-16(10-14)17-2-1-9-24-17/h1-10H,11-12H2,(H2,21,22,23). The van der Waals surface area contributed by atoms with Gasteiger partial charge in [0.25, 0.3) is 0 Å². The van der Waals surface area contributed by atoms with Crippen molar-refractivity contribution < 1.29 is 4.79 Å². The fraction of sp³-hybridized carbons (Fsp3) is 0.111. The Morgan fingerprint density at radius 1 is 1.04 bits per heavy atom. The maximum Gasteiger partial charge on any atom is 0.315 e. The summed E-state index contributed by atoms with van der Waals surface area (Å²) < 4.78 is 0. The second-order valence-electron chi connectivity index (χ2n) is 5.19. The maximum atomic E-state index is 11.9. The highest BCUT2D eigenvalue weighted by atomic mass is 35.5. The van der Waals surface area contributed by atoms with Crippen LogP contribution in [-0.2, 0) is 13.1 Å². The number of hydrogen-bond donors (Lipinski definition) is 2. The molecule has 0 aliphatic heterocycles. The molecular formula is C18H16ClN3OS. The molecule has 122 valence electrons. The molecule has 0 saturated carbocycles. The van der Waals surface area contributed by atoms with Gasteiger partial charge in [0.1, 0.15) is 0 Å². The molecule has 0 radical (unpaired) electrons. The van der Waals surface area contributed by atoms with Gasteiger partial charge >= 0.3 is 6.03 Å². The summed E-state index contributed by atoms with van der Waals surface area (Å²) in [4.78, 5) is 17.4. The van der Waals surface area contributed by atoms with Crippen LogP contribution < -0.4 is 10.6 Å². The van der Waals surface area contributed by atoms with Crippen molar-refractivity contribution in [2.75, 3.05) is 0 Å². The van der Waals surface area contributed by atoms with E-state index >= 15 is 0 Å². The lowest BCUT2D eigenvalue weighted by Crippen LogP contribution is -2.34. The Morgan fingerprint density at radius 3 is 2.50 bits per heavy atom. The van der Waals surface area contributed by atoms with Crippen LogP contribution in [0.15, 0.2) is 60.1 Å². The van der Waals surface area contributed by atoms with Crippen LogP contribution >= 0.6 is 22.9 Å². The van der Waals surface area contributed by atoms with Gasteiger partial charge in [-0.15, -0.1) is 11.3 Å². The van der Waals surface area contributed by atoms with Gasteiger partial charge in [-0.3, -0.25) is 4.98 Å². The predicted molar refractivity (Wildman–Crippen MR) is 98.1 cm³/mol. The van der Waals surface area contributed by atoms with Crippen molar-refractivity contribution in [2.24, 2.45) is 0 Å². The second kappa shape index (κ2) is 7.95. The largest absolute Gasteiger partial charge is 0.334 e. The van der Waals surface area contributed by atoms with Crippen molar-refractivity contribution in [1.82, 2.24) is 15.6 Å². The number of aromatic nitrogens is 1. The molecule has 3 aromatic rings. The van der Waals surface area contributed by atoms with Crippen LogP contribution in [0.5, 0.6) is 0 Å². The molecule has 2 heterocycles. The summed E-state index contributed by atoms with van der Waals surface area (Å²) in [7, 11) is 0. The molecule has 0 aliphatic carbocycles. The van der Waals surface area contributed by atoms with Crippen molar-refractivity contribution >= 4 is 29.0 Å². The number of pyridine rings is 1. The SMILES string of the molecule is O=C(NCc1ccc(Cl)cc1)NCc1ccnc(-c2cccs2)c1. The third kappa shape index (κ3) is 4.57. The lowest BCUT2D eigenvalue weighted by Gasteiger charge is -2.08. The van der Waals surface area contributed by atoms with E-state index in [0.717, 1.165) is 21.7 Å². The minimum Gasteiger partial charge on any atom is -0.334 e. The van der Waals surface area contributed by atoms with Gasteiger partial charge in [-0.25, -0.2) is 4.79 Å². The molecular weight excluding hydrogens is 342 g/mol. The molecule has 0 fully saturated rings. The van der Waals surface area contributed by atoms with Gasteiger partial charge in [-0.05, 0) is 46.8 Å². The Kier molecular flexibility index (Phi) is 5.46. The Morgan fingerprint density at radius 2 is 1.79 bits per heavy atom. The fourth-order valence-electron chi connectivity index (χ4n) is 2.17. The van der Waals surface area contributed by atoms with E-state index in [9.17, 15) is 4.79 Å². The van der Waals surface area contributed by atoms with E-state index < -0.39 is 0 Å². The fourth-order valence-corrected chi connectivity index (χ4v) is 2.99. The first-order chi connectivity index (χ1) is 11.7. The number of urea groups is 1. The number of carbonyl (C=O) groups is 1. The molecule has 0 atom stereocenters. The summed E-state index contributed by atoms with van der Waals surface area (Å²) in [5.74, 6) is 0. The number of benzene rings is 1. The average Bonchev–Trinajstić information content (AvgIpc) is 3.14. The van der Waals surface area contributed by atoms with Gasteiger partial charge in [0.05, 0.1) is 10.6 Å². The van der Waals surface area contributed by atoms with Crippen LogP contribution in [0.1, 0.15) is 11.1 Å². The molecule has 3 rings (SSSR count). The number of nitrogens with one attached hydrogen (secondary N) is 2. The van der Waals surface area contributed by atoms with E-state index in [1.54, 1.807) is 29.7 Å². The highest BCUT2D eigenvalue weighted by Gasteiger charge is 2.04. The smallest absolute Gasteiger partial charge is 0.315 e. The molecule has 24 heavy (non-hydrogen) atoms. The monoisotopic (exact) mass is 357 g/mol. The normalized spacial score (nSPS) is 10.4. The maximum absolute atomic E-state index is 11.9. The van der Waals surface area contributed by atoms with Gasteiger partial charge in [0, 0.05) is 24.3 Å². The molecule has 0 unspecified atom stereocenters. The summed E-state index contributed by atoms with van der Waals surface area (Å²) >= 11 is 7.48. The highest BCUT2D eigenvalue weighted by molar-refractivity contribution is 7.13. The second-order valence-corrected chi connectivity index (χ2v) is 6.57. The zero-order chi connectivity index (χ0) is 16.8. The van der Waals surface area contributed by atoms with Crippen molar-refractivity contribution in [3.8, 4) is 10.6 Å². The van der Waals surface area contributed by atoms with Crippen LogP contribution in [0.4, 0.5) is 4.79 Å². The molecule has 2 N–H and O–H groups in total. The third-order valence-corrected chi connectivity index (χ3v) is 4.56. The van der Waals surface area contributed by atoms with Gasteiger partial charge in [0.2, 0.25) is 0 Å². The number of amides is 2. The predicted octanol–water partition coefficient (Wildman–Crippen LogP) is 4.46. The molecule has 0 bridgehead atoms. The van der Waals surface area contributed by atoms with Crippen LogP contribution in [0.3, 0.4) is 0 Å². The first-order valence-electron chi connectivity index (χ1n) is 7.46. The van der Waals surface area contributed by atoms with Crippen molar-refractivity contribution in [3.05, 3.63) is 76.3 Å². The van der Waals surface area contributed by atoms with E-state index in [0.29, 0.717) is 18.1 Å². The molecule has 1 aromatic carbocycles. The molecule has 2 aromatic heterocycles. The van der Waals surface area contributed by atoms with Gasteiger partial charge in [0.15, 0.2) is 0 Å². The summed E-state index contributed by atoms with van der Waals surface area (Å²) in [5, 5.41) is 8.38. The zero-order valence-corrected chi connectivity index (χ0v) is 14.4. The van der Waals surface area contributed by atoms with E-state index in [4.69, 9.17) is 11.6 Å². The minimum absolute atomic E-state index is 0.209. The van der Waals surface area contributed by atoms with Crippen molar-refractivity contribution in [2.45, 2.75) is 13.1 Å². The Balaban J connectivity index is 1.51. The number of thiophene rings is 1. The molecule has 2 amide bonds. The lowest BCUT2D eigenvalue weighted by molar-refractivity contribution is 0.240. The summed E-state index contributed by atoms with van der Waals surface area (Å²) in [5.41, 5.74) is 2.93. The van der Waals surface area contributed by atoms with E-state index in [-0.39, 0.29) is 6.03 Å². The first-order valence-corrected chi connectivity index (χ1v) is 8.71. The van der Waals surface area contributed by atoms with Gasteiger partial charge in [-0.2, -0.15) is 0 Å². The van der Waals surface area contributed by atoms with Crippen LogP contribution in [-0.4, -0.2) is 11.0 Å². The molecule has 4 nitrogen and oxygen atoms in total. The summed E-state index contributed by atoms with van der Waals surface area (Å²) in [6.45, 7) is 0.910. The van der Waals surface area contributed by atoms with E-state index in [1.807, 2.05) is 41.8 Å². The molecule has 0 saturated heterocycles. The van der Waals surface area contributed by atoms with Crippen LogP contribution in [0.25, 0.3) is 10.6 Å². The van der Waals surface area contributed by atoms with E-state index in [2.05, 4.69) is 15.6 Å². The number of carbonyl (C=O) groups excluding carboxylic acids is 1. The Labute approximate surface area is 149 Å². The van der Waals surface area contributed by atoms with Gasteiger partial charge in [-0.1, -0.05) is 29.8 Å². The molecule has 0 aliphatic rings. The van der Waals surface area contributed by atoms with Crippen LogP contribution in [0, 0.1) is 0 Å². The highest BCUT2D eigenvalue weighted by Crippen LogP contribution is 2.22. The number of hydrogen-bond acceptors (Lipinski definition) is 3. The quantitative estimate of drug-likeness (QED) is 0.708. The molecule has 0 spiro atoms. The van der Waals surface area contributed by atoms with Gasteiger partial charge < -0.3 is 10.6 Å². The van der Waals surface area contributed by atoms with E-state index in [1.165, 1.54) is 0 Å². The average molecular weight is 358 g/mol. The topological polar surface area (TPSA) is 54.0 Å². The number of halogens is 1. The van der Waals surface area contributed by atoms with Crippen LogP contribution in [0.2, 0.25) is 5.02 Å². The Hall–Kier alpha value is -2.37. The summed E-state index contributed by atoms with van der Waals surface area (Å²) in [6, 6.07) is 15.1. The Bertz CT molecular complexity index is 803. The lowest BCUT2D eigenvalue weighted by atomic mass is 10.2. The van der Waals surface area contributed by atoms with Crippen molar-refractivity contribution in [3.63, 3.8) is 0 Å². The first kappa shape index (κ1) is 16.5. The molecule has 6 heteroatoms. The number of rotatable bonds is 5.